The average molecular weight is 258 g/mol. The summed E-state index contributed by atoms with van der Waals surface area (Å²) in [6.07, 6.45) is 2.69. The maximum Gasteiger partial charge on any atom is 0.220 e. The number of aromatic nitrogens is 1. The van der Waals surface area contributed by atoms with Crippen molar-refractivity contribution in [3.63, 3.8) is 0 Å². The van der Waals surface area contributed by atoms with Crippen molar-refractivity contribution in [3.05, 3.63) is 23.1 Å². The first-order valence-electron chi connectivity index (χ1n) is 5.43. The van der Waals surface area contributed by atoms with E-state index in [0.29, 0.717) is 25.9 Å². The minimum atomic E-state index is -0.435. The molecule has 0 bridgehead atoms. The van der Waals surface area contributed by atoms with Crippen molar-refractivity contribution in [1.29, 1.82) is 0 Å². The van der Waals surface area contributed by atoms with Crippen molar-refractivity contribution < 1.29 is 9.18 Å². The van der Waals surface area contributed by atoms with Crippen molar-refractivity contribution in [2.24, 2.45) is 11.7 Å². The predicted octanol–water partition coefficient (Wildman–Crippen LogP) is 1.58. The van der Waals surface area contributed by atoms with Gasteiger partial charge in [-0.3, -0.25) is 4.79 Å². The Hall–Kier alpha value is -1.36. The molecule has 1 aromatic heterocycles. The molecule has 2 N–H and O–H groups in total. The van der Waals surface area contributed by atoms with E-state index in [2.05, 4.69) is 4.98 Å². The zero-order valence-corrected chi connectivity index (χ0v) is 9.95. The summed E-state index contributed by atoms with van der Waals surface area (Å²) >= 11 is 5.64. The number of nitrogens with zero attached hydrogens (tertiary/aromatic N) is 2. The van der Waals surface area contributed by atoms with E-state index in [-0.39, 0.29) is 22.7 Å². The van der Waals surface area contributed by atoms with Gasteiger partial charge in [-0.2, -0.15) is 0 Å². The molecule has 0 unspecified atom stereocenters. The maximum absolute atomic E-state index is 13.6. The van der Waals surface area contributed by atoms with Gasteiger partial charge in [0.1, 0.15) is 0 Å². The number of primary amides is 1. The lowest BCUT2D eigenvalue weighted by molar-refractivity contribution is -0.122. The minimum absolute atomic E-state index is 0.110. The molecular weight excluding hydrogens is 245 g/mol. The number of piperidine rings is 1. The summed E-state index contributed by atoms with van der Waals surface area (Å²) in [4.78, 5) is 16.8. The highest BCUT2D eigenvalue weighted by atomic mass is 35.5. The molecule has 0 radical (unpaired) electrons. The number of carbonyl (C=O) groups excluding carboxylic acids is 1. The number of pyridine rings is 1. The lowest BCUT2D eigenvalue weighted by Crippen LogP contribution is -2.39. The molecule has 92 valence electrons. The quantitative estimate of drug-likeness (QED) is 0.875. The van der Waals surface area contributed by atoms with Crippen LogP contribution in [-0.4, -0.2) is 24.0 Å². The largest absolute Gasteiger partial charge is 0.369 e. The van der Waals surface area contributed by atoms with E-state index in [1.165, 1.54) is 12.3 Å². The Labute approximate surface area is 104 Å². The molecule has 1 aromatic rings. The molecule has 0 aromatic carbocycles. The second-order valence-electron chi connectivity index (χ2n) is 4.12. The molecule has 0 atom stereocenters. The van der Waals surface area contributed by atoms with Crippen LogP contribution in [0.15, 0.2) is 12.3 Å². The highest BCUT2D eigenvalue weighted by Crippen LogP contribution is 2.25. The topological polar surface area (TPSA) is 59.2 Å². The Bertz CT molecular complexity index is 433. The molecular formula is C11H13ClFN3O. The van der Waals surface area contributed by atoms with Gasteiger partial charge in [0.2, 0.25) is 5.91 Å². The van der Waals surface area contributed by atoms with Crippen LogP contribution in [-0.2, 0) is 4.79 Å². The summed E-state index contributed by atoms with van der Waals surface area (Å²) in [6, 6.07) is 1.24. The van der Waals surface area contributed by atoms with Crippen molar-refractivity contribution in [3.8, 4) is 0 Å². The number of nitrogens with two attached hydrogens (primary N) is 1. The van der Waals surface area contributed by atoms with Crippen LogP contribution >= 0.6 is 11.6 Å². The average Bonchev–Trinajstić information content (AvgIpc) is 2.29. The standard InChI is InChI=1S/C11H13ClFN3O/c12-8-5-9(13)11(15-6-8)16-3-1-7(2-4-16)10(14)17/h5-7H,1-4H2,(H2,14,17). The van der Waals surface area contributed by atoms with E-state index in [1.54, 1.807) is 0 Å². The van der Waals surface area contributed by atoms with Crippen LogP contribution in [0, 0.1) is 11.7 Å². The van der Waals surface area contributed by atoms with Gasteiger partial charge in [0, 0.05) is 25.2 Å². The van der Waals surface area contributed by atoms with Gasteiger partial charge in [0.25, 0.3) is 0 Å². The number of anilines is 1. The van der Waals surface area contributed by atoms with Crippen LogP contribution in [0.4, 0.5) is 10.2 Å². The lowest BCUT2D eigenvalue weighted by atomic mass is 9.96. The smallest absolute Gasteiger partial charge is 0.220 e. The molecule has 1 saturated heterocycles. The number of halogens is 2. The third-order valence-electron chi connectivity index (χ3n) is 2.99. The fourth-order valence-corrected chi connectivity index (χ4v) is 2.16. The van der Waals surface area contributed by atoms with Gasteiger partial charge in [-0.1, -0.05) is 11.6 Å². The highest BCUT2D eigenvalue weighted by molar-refractivity contribution is 6.30. The van der Waals surface area contributed by atoms with Crippen LogP contribution in [0.2, 0.25) is 5.02 Å². The SMILES string of the molecule is NC(=O)C1CCN(c2ncc(Cl)cc2F)CC1. The second-order valence-corrected chi connectivity index (χ2v) is 4.56. The zero-order valence-electron chi connectivity index (χ0n) is 9.20. The van der Waals surface area contributed by atoms with Crippen molar-refractivity contribution in [2.75, 3.05) is 18.0 Å². The van der Waals surface area contributed by atoms with Gasteiger partial charge >= 0.3 is 0 Å². The molecule has 2 heterocycles. The van der Waals surface area contributed by atoms with Gasteiger partial charge in [-0.25, -0.2) is 9.37 Å². The van der Waals surface area contributed by atoms with Gasteiger partial charge in [-0.05, 0) is 18.9 Å². The molecule has 0 spiro atoms. The van der Waals surface area contributed by atoms with Crippen LogP contribution in [0.25, 0.3) is 0 Å². The van der Waals surface area contributed by atoms with Gasteiger partial charge < -0.3 is 10.6 Å². The number of rotatable bonds is 2. The number of hydrogen-bond acceptors (Lipinski definition) is 3. The molecule has 4 nitrogen and oxygen atoms in total. The Kier molecular flexibility index (Phi) is 3.47. The first-order chi connectivity index (χ1) is 8.08. The first kappa shape index (κ1) is 12.1. The Balaban J connectivity index is 2.08. The monoisotopic (exact) mass is 257 g/mol. The number of hydrogen-bond donors (Lipinski definition) is 1. The summed E-state index contributed by atoms with van der Waals surface area (Å²) < 4.78 is 13.6. The van der Waals surface area contributed by atoms with Crippen molar-refractivity contribution in [2.45, 2.75) is 12.8 Å². The van der Waals surface area contributed by atoms with Gasteiger partial charge in [0.15, 0.2) is 11.6 Å². The van der Waals surface area contributed by atoms with Gasteiger partial charge in [-0.15, -0.1) is 0 Å². The Morgan fingerprint density at radius 1 is 1.53 bits per heavy atom. The van der Waals surface area contributed by atoms with Crippen molar-refractivity contribution in [1.82, 2.24) is 4.98 Å². The summed E-state index contributed by atoms with van der Waals surface area (Å²) in [5.41, 5.74) is 5.24. The fraction of sp³-hybridized carbons (Fsp3) is 0.455. The predicted molar refractivity (Wildman–Crippen MR) is 63.3 cm³/mol. The maximum atomic E-state index is 13.6. The summed E-state index contributed by atoms with van der Waals surface area (Å²) in [7, 11) is 0. The number of amides is 1. The normalized spacial score (nSPS) is 17.2. The number of carbonyl (C=O) groups is 1. The summed E-state index contributed by atoms with van der Waals surface area (Å²) in [6.45, 7) is 1.16. The van der Waals surface area contributed by atoms with Crippen LogP contribution in [0.5, 0.6) is 0 Å². The molecule has 17 heavy (non-hydrogen) atoms. The minimum Gasteiger partial charge on any atom is -0.369 e. The van der Waals surface area contributed by atoms with E-state index < -0.39 is 5.82 Å². The third kappa shape index (κ3) is 2.66. The van der Waals surface area contributed by atoms with Gasteiger partial charge in [0.05, 0.1) is 5.02 Å². The van der Waals surface area contributed by atoms with E-state index in [0.717, 1.165) is 0 Å². The molecule has 1 fully saturated rings. The van der Waals surface area contributed by atoms with E-state index in [1.807, 2.05) is 4.90 Å². The molecule has 1 aliphatic heterocycles. The van der Waals surface area contributed by atoms with E-state index in [4.69, 9.17) is 17.3 Å². The fourth-order valence-electron chi connectivity index (χ4n) is 2.02. The Morgan fingerprint density at radius 2 is 2.18 bits per heavy atom. The summed E-state index contributed by atoms with van der Waals surface area (Å²) in [5.74, 6) is -0.539. The molecule has 0 saturated carbocycles. The molecule has 0 aliphatic carbocycles. The van der Waals surface area contributed by atoms with Crippen molar-refractivity contribution >= 4 is 23.3 Å². The highest BCUT2D eigenvalue weighted by Gasteiger charge is 2.25. The molecule has 1 amide bonds. The molecule has 6 heteroatoms. The van der Waals surface area contributed by atoms with E-state index >= 15 is 0 Å². The lowest BCUT2D eigenvalue weighted by Gasteiger charge is -2.31. The summed E-state index contributed by atoms with van der Waals surface area (Å²) in [5, 5.41) is 0.276. The molecule has 2 rings (SSSR count). The zero-order chi connectivity index (χ0) is 12.4. The van der Waals surface area contributed by atoms with Crippen LogP contribution in [0.3, 0.4) is 0 Å². The first-order valence-corrected chi connectivity index (χ1v) is 5.81. The van der Waals surface area contributed by atoms with Crippen LogP contribution in [0.1, 0.15) is 12.8 Å². The van der Waals surface area contributed by atoms with E-state index in [9.17, 15) is 9.18 Å². The Morgan fingerprint density at radius 3 is 2.71 bits per heavy atom. The molecule has 1 aliphatic rings. The third-order valence-corrected chi connectivity index (χ3v) is 3.19. The second kappa shape index (κ2) is 4.87. The van der Waals surface area contributed by atoms with Crippen LogP contribution < -0.4 is 10.6 Å².